The Balaban J connectivity index is 1.59. The second-order valence-electron chi connectivity index (χ2n) is 7.40. The number of nitrogens with zero attached hydrogens (tertiary/aromatic N) is 2. The molecule has 0 radical (unpaired) electrons. The quantitative estimate of drug-likeness (QED) is 0.101. The van der Waals surface area contributed by atoms with Gasteiger partial charge in [0.1, 0.15) is 4.90 Å². The summed E-state index contributed by atoms with van der Waals surface area (Å²) in [7, 11) is -2.98. The lowest BCUT2D eigenvalue weighted by molar-refractivity contribution is -0.384. The monoisotopic (exact) mass is 705 g/mol. The molecule has 3 aromatic rings. The highest BCUT2D eigenvalue weighted by Crippen LogP contribution is 2.38. The number of aliphatic imine (C=N–C) groups is 1. The highest BCUT2D eigenvalue weighted by Gasteiger charge is 2.26. The SMILES string of the molecule is COc1cc(/C=C2/SC(=Nc3ccc(Cl)c(Cl)c3)NC2=O)cc(I)c1OS(=O)(=O)c1ccc([N+](=O)[O-])cc1. The lowest BCUT2D eigenvalue weighted by Gasteiger charge is -2.13. The summed E-state index contributed by atoms with van der Waals surface area (Å²) in [6.07, 6.45) is 1.59. The fourth-order valence-electron chi connectivity index (χ4n) is 3.10. The standard InChI is InChI=1S/C23H14Cl2IN3O7S2/c1-35-19-9-12(10-20-22(30)28-23(37-20)27-13-2-7-16(24)17(25)11-13)8-18(26)21(19)36-38(33,34)15-5-3-14(4-6-15)29(31)32/h2-11H,1H3,(H,27,28,30)/b20-10+. The van der Waals surface area contributed by atoms with Crippen LogP contribution in [0.15, 0.2) is 69.4 Å². The first-order chi connectivity index (χ1) is 18.0. The molecule has 0 unspecified atom stereocenters. The number of nitrogens with one attached hydrogen (secondary N) is 1. The number of non-ortho nitro benzene ring substituents is 1. The molecule has 15 heteroatoms. The number of hydrogen-bond acceptors (Lipinski definition) is 9. The smallest absolute Gasteiger partial charge is 0.339 e. The molecule has 38 heavy (non-hydrogen) atoms. The third-order valence-electron chi connectivity index (χ3n) is 4.86. The summed E-state index contributed by atoms with van der Waals surface area (Å²) in [5.41, 5.74) is 0.794. The van der Waals surface area contributed by atoms with Crippen LogP contribution in [0.2, 0.25) is 10.0 Å². The molecule has 1 fully saturated rings. The van der Waals surface area contributed by atoms with E-state index in [1.807, 2.05) is 22.6 Å². The van der Waals surface area contributed by atoms with Gasteiger partial charge in [0.25, 0.3) is 11.6 Å². The number of nitro groups is 1. The Morgan fingerprint density at radius 3 is 2.45 bits per heavy atom. The third kappa shape index (κ3) is 6.40. The van der Waals surface area contributed by atoms with Gasteiger partial charge in [-0.2, -0.15) is 8.42 Å². The van der Waals surface area contributed by atoms with Crippen molar-refractivity contribution in [2.75, 3.05) is 7.11 Å². The molecule has 0 atom stereocenters. The molecule has 0 spiro atoms. The van der Waals surface area contributed by atoms with Crippen LogP contribution >= 0.6 is 57.6 Å². The number of halogens is 3. The van der Waals surface area contributed by atoms with E-state index in [1.54, 1.807) is 30.3 Å². The second-order valence-corrected chi connectivity index (χ2v) is 12.0. The Morgan fingerprint density at radius 2 is 1.82 bits per heavy atom. The molecule has 196 valence electrons. The molecule has 1 N–H and O–H groups in total. The van der Waals surface area contributed by atoms with Crippen molar-refractivity contribution in [3.05, 3.63) is 88.8 Å². The van der Waals surface area contributed by atoms with E-state index in [-0.39, 0.29) is 28.0 Å². The van der Waals surface area contributed by atoms with Gasteiger partial charge in [0, 0.05) is 12.1 Å². The Kier molecular flexibility index (Phi) is 8.52. The lowest BCUT2D eigenvalue weighted by atomic mass is 10.2. The predicted molar refractivity (Wildman–Crippen MR) is 154 cm³/mol. The van der Waals surface area contributed by atoms with Crippen LogP contribution in [0.4, 0.5) is 11.4 Å². The normalized spacial score (nSPS) is 15.5. The summed E-state index contributed by atoms with van der Waals surface area (Å²) >= 11 is 14.9. The van der Waals surface area contributed by atoms with Gasteiger partial charge in [0.05, 0.1) is 36.2 Å². The van der Waals surface area contributed by atoms with Crippen LogP contribution < -0.4 is 14.2 Å². The molecule has 1 amide bonds. The van der Waals surface area contributed by atoms with Gasteiger partial charge in [-0.3, -0.25) is 14.9 Å². The second kappa shape index (κ2) is 11.5. The van der Waals surface area contributed by atoms with E-state index in [4.69, 9.17) is 32.1 Å². The maximum absolute atomic E-state index is 12.8. The zero-order valence-corrected chi connectivity index (χ0v) is 24.3. The maximum Gasteiger partial charge on any atom is 0.339 e. The van der Waals surface area contributed by atoms with Crippen molar-refractivity contribution in [3.8, 4) is 11.5 Å². The number of nitro benzene ring substituents is 1. The highest BCUT2D eigenvalue weighted by atomic mass is 127. The van der Waals surface area contributed by atoms with Gasteiger partial charge >= 0.3 is 10.1 Å². The van der Waals surface area contributed by atoms with Crippen LogP contribution in [0, 0.1) is 13.7 Å². The molecule has 3 aromatic carbocycles. The number of hydrogen-bond donors (Lipinski definition) is 1. The number of amides is 1. The van der Waals surface area contributed by atoms with E-state index in [0.717, 1.165) is 36.0 Å². The molecule has 0 aromatic heterocycles. The van der Waals surface area contributed by atoms with Crippen molar-refractivity contribution in [1.29, 1.82) is 0 Å². The number of ether oxygens (including phenoxy) is 1. The van der Waals surface area contributed by atoms with Crippen molar-refractivity contribution in [2.24, 2.45) is 4.99 Å². The average Bonchev–Trinajstić information content (AvgIpc) is 3.21. The minimum absolute atomic E-state index is 0.0704. The molecule has 1 aliphatic heterocycles. The summed E-state index contributed by atoms with van der Waals surface area (Å²) in [6.45, 7) is 0. The maximum atomic E-state index is 12.8. The van der Waals surface area contributed by atoms with Crippen LogP contribution in [0.5, 0.6) is 11.5 Å². The van der Waals surface area contributed by atoms with Gasteiger partial charge in [-0.25, -0.2) is 4.99 Å². The Bertz CT molecular complexity index is 1630. The molecular weight excluding hydrogens is 692 g/mol. The summed E-state index contributed by atoms with van der Waals surface area (Å²) in [5.74, 6) is -0.342. The van der Waals surface area contributed by atoms with E-state index in [2.05, 4.69) is 10.3 Å². The zero-order valence-electron chi connectivity index (χ0n) is 19.0. The number of methoxy groups -OCH3 is 1. The number of benzene rings is 3. The lowest BCUT2D eigenvalue weighted by Crippen LogP contribution is -2.19. The average molecular weight is 706 g/mol. The van der Waals surface area contributed by atoms with Gasteiger partial charge in [0.2, 0.25) is 0 Å². The molecule has 0 bridgehead atoms. The van der Waals surface area contributed by atoms with Gasteiger partial charge < -0.3 is 14.2 Å². The third-order valence-corrected chi connectivity index (χ3v) is 8.55. The van der Waals surface area contributed by atoms with Crippen LogP contribution in [-0.2, 0) is 14.9 Å². The number of carbonyl (C=O) groups is 1. The number of rotatable bonds is 7. The van der Waals surface area contributed by atoms with Crippen molar-refractivity contribution in [3.63, 3.8) is 0 Å². The summed E-state index contributed by atoms with van der Waals surface area (Å²) in [4.78, 5) is 27.2. The first-order valence-corrected chi connectivity index (χ1v) is 14.3. The first-order valence-electron chi connectivity index (χ1n) is 10.3. The summed E-state index contributed by atoms with van der Waals surface area (Å²) < 4.78 is 36.6. The van der Waals surface area contributed by atoms with Crippen molar-refractivity contribution in [1.82, 2.24) is 5.32 Å². The highest BCUT2D eigenvalue weighted by molar-refractivity contribution is 14.1. The summed E-state index contributed by atoms with van der Waals surface area (Å²) in [5, 5.41) is 14.6. The van der Waals surface area contributed by atoms with E-state index in [0.29, 0.717) is 34.9 Å². The van der Waals surface area contributed by atoms with Crippen molar-refractivity contribution >= 4 is 96.2 Å². The van der Waals surface area contributed by atoms with Gasteiger partial charge in [-0.1, -0.05) is 23.2 Å². The molecule has 10 nitrogen and oxygen atoms in total. The first kappa shape index (κ1) is 28.2. The van der Waals surface area contributed by atoms with Gasteiger partial charge in [-0.15, -0.1) is 0 Å². The predicted octanol–water partition coefficient (Wildman–Crippen LogP) is 6.17. The molecule has 0 saturated carbocycles. The minimum Gasteiger partial charge on any atom is -0.493 e. The largest absolute Gasteiger partial charge is 0.493 e. The molecule has 4 rings (SSSR count). The molecule has 1 aliphatic rings. The molecule has 1 heterocycles. The van der Waals surface area contributed by atoms with Gasteiger partial charge in [0.15, 0.2) is 16.7 Å². The van der Waals surface area contributed by atoms with Crippen LogP contribution in [0.3, 0.4) is 0 Å². The number of carbonyl (C=O) groups excluding carboxylic acids is 1. The molecule has 1 saturated heterocycles. The minimum atomic E-state index is -4.32. The van der Waals surface area contributed by atoms with Crippen LogP contribution in [-0.4, -0.2) is 31.5 Å². The fraction of sp³-hybridized carbons (Fsp3) is 0.0435. The zero-order chi connectivity index (χ0) is 27.6. The van der Waals surface area contributed by atoms with Crippen molar-refractivity contribution < 1.29 is 27.1 Å². The Labute approximate surface area is 244 Å². The fourth-order valence-corrected chi connectivity index (χ4v) is 6.08. The summed E-state index contributed by atoms with van der Waals surface area (Å²) in [6, 6.07) is 12.2. The Hall–Kier alpha value is -2.85. The number of thioether (sulfide) groups is 1. The number of amidine groups is 1. The van der Waals surface area contributed by atoms with Crippen LogP contribution in [0.1, 0.15) is 5.56 Å². The van der Waals surface area contributed by atoms with E-state index < -0.39 is 15.0 Å². The van der Waals surface area contributed by atoms with Crippen LogP contribution in [0.25, 0.3) is 6.08 Å². The molecule has 0 aliphatic carbocycles. The molecular formula is C23H14Cl2IN3O7S2. The van der Waals surface area contributed by atoms with E-state index in [1.165, 1.54) is 13.2 Å². The topological polar surface area (TPSA) is 137 Å². The Morgan fingerprint density at radius 1 is 1.11 bits per heavy atom. The van der Waals surface area contributed by atoms with E-state index >= 15 is 0 Å². The van der Waals surface area contributed by atoms with E-state index in [9.17, 15) is 23.3 Å². The van der Waals surface area contributed by atoms with Gasteiger partial charge in [-0.05, 0) is 88.5 Å². The van der Waals surface area contributed by atoms with Crippen molar-refractivity contribution in [2.45, 2.75) is 4.90 Å².